The molecule has 2 fully saturated rings. The number of aromatic amines is 2. The summed E-state index contributed by atoms with van der Waals surface area (Å²) in [5, 5.41) is 5.43. The van der Waals surface area contributed by atoms with Gasteiger partial charge in [0, 0.05) is 23.5 Å². The van der Waals surface area contributed by atoms with Gasteiger partial charge in [-0.2, -0.15) is 0 Å². The fourth-order valence-electron chi connectivity index (χ4n) is 8.64. The molecule has 0 spiro atoms. The fourth-order valence-corrected chi connectivity index (χ4v) is 9.65. The number of nitrogens with one attached hydrogen (secondary N) is 4. The maximum atomic E-state index is 13.7. The Hall–Kier alpha value is -6.40. The fraction of sp³-hybridized carbons (Fsp3) is 0.391. The highest BCUT2D eigenvalue weighted by molar-refractivity contribution is 7.18. The lowest BCUT2D eigenvalue weighted by molar-refractivity contribution is -0.136. The summed E-state index contributed by atoms with van der Waals surface area (Å²) in [6, 6.07) is 12.8. The monoisotopic (exact) mass is 842 g/mol. The van der Waals surface area contributed by atoms with Gasteiger partial charge in [0.25, 0.3) is 0 Å². The van der Waals surface area contributed by atoms with Gasteiger partial charge in [-0.3, -0.25) is 9.59 Å². The Morgan fingerprint density at radius 2 is 1.33 bits per heavy atom. The van der Waals surface area contributed by atoms with Crippen molar-refractivity contribution >= 4 is 58.5 Å². The van der Waals surface area contributed by atoms with Crippen molar-refractivity contribution in [1.29, 1.82) is 0 Å². The van der Waals surface area contributed by atoms with Crippen LogP contribution in [0.2, 0.25) is 0 Å². The van der Waals surface area contributed by atoms with Gasteiger partial charge < -0.3 is 39.9 Å². The Morgan fingerprint density at radius 1 is 0.754 bits per heavy atom. The number of thiophene rings is 1. The van der Waals surface area contributed by atoms with Crippen molar-refractivity contribution < 1.29 is 28.7 Å². The highest BCUT2D eigenvalue weighted by atomic mass is 32.1. The number of fused-ring (bicyclic) bond motifs is 2. The number of carbonyl (C=O) groups is 4. The van der Waals surface area contributed by atoms with Crippen LogP contribution in [0.4, 0.5) is 9.59 Å². The van der Waals surface area contributed by atoms with E-state index in [1.54, 1.807) is 11.3 Å². The minimum Gasteiger partial charge on any atom is -0.453 e. The van der Waals surface area contributed by atoms with Crippen LogP contribution in [0, 0.1) is 11.8 Å². The molecule has 0 saturated carbocycles. The van der Waals surface area contributed by atoms with Crippen LogP contribution in [-0.4, -0.2) is 93.1 Å². The lowest BCUT2D eigenvalue weighted by atomic mass is 9.90. The van der Waals surface area contributed by atoms with E-state index in [9.17, 15) is 19.2 Å². The molecule has 316 valence electrons. The first-order chi connectivity index (χ1) is 29.4. The molecule has 3 aromatic heterocycles. The van der Waals surface area contributed by atoms with Crippen LogP contribution in [-0.2, 0) is 19.1 Å². The number of carbonyl (C=O) groups excluding carboxylic acids is 4. The Bertz CT molecular complexity index is 2610. The molecular formula is C46H50N8O6S. The largest absolute Gasteiger partial charge is 0.453 e. The molecule has 14 nitrogen and oxygen atoms in total. The number of benzene rings is 2. The molecule has 3 aliphatic rings. The van der Waals surface area contributed by atoms with Crippen LogP contribution >= 0.6 is 11.3 Å². The summed E-state index contributed by atoms with van der Waals surface area (Å²) in [7, 11) is 2.58. The number of rotatable bonds is 11. The van der Waals surface area contributed by atoms with Crippen LogP contribution in [0.25, 0.3) is 55.3 Å². The van der Waals surface area contributed by atoms with Crippen molar-refractivity contribution in [2.24, 2.45) is 11.8 Å². The summed E-state index contributed by atoms with van der Waals surface area (Å²) < 4.78 is 9.58. The standard InChI is InChI=1S/C46H50N8O6S/c1-25(2)39(51-45(57)59-5)43(55)53-21-9-13-35(53)41-47-24-34(50-41)38-20-19-37(61-38)31-17-16-28(29-11-7-8-12-30(29)31)27-15-18-32-33(23-27)49-42(48-32)36-14-10-22-54(36)44(56)40(26(3)4)52-46(58)60-6/h11-12,15-20,23-26,35-36,39-40H,9-10,13-14,21-22H2,1-6H3,(H,47,50)(H,48,49)(H,51,57)(H,52,58)/t35-,36-,39-,40-/m0/s1. The molecule has 2 aromatic carbocycles. The summed E-state index contributed by atoms with van der Waals surface area (Å²) in [6.07, 6.45) is 7.73. The zero-order valence-corrected chi connectivity index (χ0v) is 35.9. The molecule has 4 N–H and O–H groups in total. The van der Waals surface area contributed by atoms with Crippen LogP contribution in [0.3, 0.4) is 0 Å². The van der Waals surface area contributed by atoms with Gasteiger partial charge in [-0.25, -0.2) is 19.6 Å². The number of likely N-dealkylation sites (tertiary alicyclic amines) is 2. The second-order valence-electron chi connectivity index (χ2n) is 16.4. The average molecular weight is 843 g/mol. The Balaban J connectivity index is 1.02. The van der Waals surface area contributed by atoms with E-state index >= 15 is 0 Å². The van der Waals surface area contributed by atoms with Gasteiger partial charge in [0.2, 0.25) is 11.8 Å². The van der Waals surface area contributed by atoms with Gasteiger partial charge in [-0.05, 0) is 96.2 Å². The van der Waals surface area contributed by atoms with Gasteiger partial charge in [0.15, 0.2) is 0 Å². The molecular weight excluding hydrogens is 793 g/mol. The van der Waals surface area contributed by atoms with Crippen LogP contribution < -0.4 is 10.6 Å². The summed E-state index contributed by atoms with van der Waals surface area (Å²) in [5.41, 5.74) is 14.1. The number of ether oxygens (including phenoxy) is 2. The smallest absolute Gasteiger partial charge is 0.407 e. The van der Waals surface area contributed by atoms with E-state index in [0.29, 0.717) is 13.1 Å². The van der Waals surface area contributed by atoms with Crippen molar-refractivity contribution in [2.45, 2.75) is 77.5 Å². The first kappa shape index (κ1) is 41.3. The second kappa shape index (κ2) is 17.3. The molecule has 15 heteroatoms. The highest BCUT2D eigenvalue weighted by Crippen LogP contribution is 2.42. The zero-order chi connectivity index (χ0) is 42.9. The van der Waals surface area contributed by atoms with E-state index < -0.39 is 24.3 Å². The minimum absolute atomic E-state index is 0.116. The van der Waals surface area contributed by atoms with Crippen molar-refractivity contribution in [3.63, 3.8) is 0 Å². The minimum atomic E-state index is -0.706. The molecule has 4 amide bonds. The van der Waals surface area contributed by atoms with Crippen LogP contribution in [0.1, 0.15) is 88.2 Å². The second-order valence-corrected chi connectivity index (χ2v) is 17.4. The van der Waals surface area contributed by atoms with E-state index in [-0.39, 0.29) is 35.7 Å². The third kappa shape index (κ3) is 8.12. The number of hydrogen-bond donors (Lipinski definition) is 4. The number of imidazole rings is 2. The predicted molar refractivity (Wildman–Crippen MR) is 234 cm³/mol. The Kier molecular flexibility index (Phi) is 11.7. The topological polar surface area (TPSA) is 175 Å². The average Bonchev–Trinajstić information content (AvgIpc) is 4.12. The maximum Gasteiger partial charge on any atom is 0.407 e. The number of hydrogen-bond acceptors (Lipinski definition) is 9. The molecule has 0 bridgehead atoms. The number of methoxy groups -OCH3 is 2. The number of alkyl carbamates (subject to hydrolysis) is 2. The van der Waals surface area contributed by atoms with E-state index in [4.69, 9.17) is 19.4 Å². The third-order valence-corrected chi connectivity index (χ3v) is 13.0. The van der Waals surface area contributed by atoms with E-state index in [2.05, 4.69) is 68.5 Å². The normalized spacial score (nSPS) is 17.9. The van der Waals surface area contributed by atoms with Crippen LogP contribution in [0.15, 0.2) is 60.1 Å². The lowest BCUT2D eigenvalue weighted by Crippen LogP contribution is -2.51. The zero-order valence-electron chi connectivity index (χ0n) is 35.1. The van der Waals surface area contributed by atoms with Crippen molar-refractivity contribution in [3.05, 3.63) is 82.9 Å². The third-order valence-electron chi connectivity index (χ3n) is 11.8. The molecule has 61 heavy (non-hydrogen) atoms. The predicted octanol–water partition coefficient (Wildman–Crippen LogP) is 8.23. The first-order valence-corrected chi connectivity index (χ1v) is 21.6. The van der Waals surface area contributed by atoms with Crippen molar-refractivity contribution in [3.8, 4) is 32.1 Å². The molecule has 1 aliphatic carbocycles. The van der Waals surface area contributed by atoms with Gasteiger partial charge in [0.1, 0.15) is 23.7 Å². The molecule has 2 saturated heterocycles. The number of H-pyrrole nitrogens is 2. The molecule has 2 aliphatic heterocycles. The molecule has 8 rings (SSSR count). The maximum absolute atomic E-state index is 13.7. The first-order valence-electron chi connectivity index (χ1n) is 20.8. The van der Waals surface area contributed by atoms with E-state index in [0.717, 1.165) is 91.6 Å². The van der Waals surface area contributed by atoms with Crippen molar-refractivity contribution in [1.82, 2.24) is 40.4 Å². The number of nitrogens with zero attached hydrogens (tertiary/aromatic N) is 4. The summed E-state index contributed by atoms with van der Waals surface area (Å²) in [5.74, 6) is 0.919. The molecule has 0 radical (unpaired) electrons. The van der Waals surface area contributed by atoms with Crippen molar-refractivity contribution in [2.75, 3.05) is 27.3 Å². The summed E-state index contributed by atoms with van der Waals surface area (Å²) in [4.78, 5) is 73.9. The summed E-state index contributed by atoms with van der Waals surface area (Å²) >= 11 is 1.66. The highest BCUT2D eigenvalue weighted by Gasteiger charge is 2.39. The Morgan fingerprint density at radius 3 is 1.93 bits per heavy atom. The number of amides is 4. The van der Waals surface area contributed by atoms with Gasteiger partial charge in [0.05, 0.1) is 54.1 Å². The van der Waals surface area contributed by atoms with Gasteiger partial charge in [-0.15, -0.1) is 11.3 Å². The SMILES string of the molecule is COC(=O)N[C@H](C(=O)N1CCC[C@H]1c1ncc(-c2ccc(-c3ccc(-c4ccc5nc([C@@H]6CCCN6C(=O)[C@@H](NC(=O)OC)C(C)C)[nH]c5c4)c4c3C=C=C=C4)s2)[nH]1)C(C)C. The number of aromatic nitrogens is 4. The molecule has 0 unspecified atom stereocenters. The van der Waals surface area contributed by atoms with E-state index in [1.807, 2.05) is 61.9 Å². The lowest BCUT2D eigenvalue weighted by Gasteiger charge is -2.30. The van der Waals surface area contributed by atoms with Crippen LogP contribution in [0.5, 0.6) is 0 Å². The van der Waals surface area contributed by atoms with Gasteiger partial charge >= 0.3 is 12.2 Å². The quantitative estimate of drug-likeness (QED) is 0.0944. The van der Waals surface area contributed by atoms with E-state index in [1.165, 1.54) is 14.2 Å². The molecule has 5 aromatic rings. The molecule has 5 heterocycles. The summed E-state index contributed by atoms with van der Waals surface area (Å²) in [6.45, 7) is 8.78. The molecule has 4 atom stereocenters. The van der Waals surface area contributed by atoms with Gasteiger partial charge in [-0.1, -0.05) is 57.4 Å². The Labute approximate surface area is 358 Å².